The lowest BCUT2D eigenvalue weighted by atomic mass is 10.2. The highest BCUT2D eigenvalue weighted by Crippen LogP contribution is 2.31. The lowest BCUT2D eigenvalue weighted by Gasteiger charge is -2.10. The number of ether oxygens (including phenoxy) is 1. The minimum Gasteiger partial charge on any atom is -0.439 e. The van der Waals surface area contributed by atoms with Crippen molar-refractivity contribution in [2.75, 3.05) is 5.73 Å². The van der Waals surface area contributed by atoms with Crippen molar-refractivity contribution >= 4 is 5.69 Å². The summed E-state index contributed by atoms with van der Waals surface area (Å²) in [4.78, 5) is 3.63. The second-order valence-electron chi connectivity index (χ2n) is 4.01. The van der Waals surface area contributed by atoms with E-state index in [1.165, 1.54) is 6.07 Å². The van der Waals surface area contributed by atoms with E-state index in [1.807, 2.05) is 0 Å². The number of rotatable bonds is 2. The third kappa shape index (κ3) is 3.15. The zero-order valence-electron chi connectivity index (χ0n) is 10.0. The minimum atomic E-state index is -4.40. The van der Waals surface area contributed by atoms with Gasteiger partial charge in [-0.2, -0.15) is 13.2 Å². The Morgan fingerprint density at radius 3 is 2.47 bits per heavy atom. The van der Waals surface area contributed by atoms with Gasteiger partial charge in [0.25, 0.3) is 0 Å². The van der Waals surface area contributed by atoms with E-state index in [2.05, 4.69) is 4.98 Å². The number of benzene rings is 1. The number of alkyl halides is 3. The molecule has 3 nitrogen and oxygen atoms in total. The van der Waals surface area contributed by atoms with Gasteiger partial charge in [-0.1, -0.05) is 6.07 Å². The molecule has 6 heteroatoms. The molecule has 0 amide bonds. The second kappa shape index (κ2) is 4.79. The maximum atomic E-state index is 12.4. The van der Waals surface area contributed by atoms with Crippen LogP contribution in [0.3, 0.4) is 0 Å². The largest absolute Gasteiger partial charge is 0.439 e. The quantitative estimate of drug-likeness (QED) is 0.843. The van der Waals surface area contributed by atoms with E-state index in [1.54, 1.807) is 25.1 Å². The van der Waals surface area contributed by atoms with Gasteiger partial charge in [0.05, 0.1) is 5.56 Å². The summed E-state index contributed by atoms with van der Waals surface area (Å²) in [6.07, 6.45) is -3.67. The van der Waals surface area contributed by atoms with Crippen molar-refractivity contribution in [2.45, 2.75) is 13.1 Å². The van der Waals surface area contributed by atoms with Gasteiger partial charge in [0, 0.05) is 24.0 Å². The van der Waals surface area contributed by atoms with E-state index >= 15 is 0 Å². The van der Waals surface area contributed by atoms with E-state index in [0.29, 0.717) is 11.4 Å². The van der Waals surface area contributed by atoms with Crippen molar-refractivity contribution in [1.82, 2.24) is 4.98 Å². The van der Waals surface area contributed by atoms with Crippen molar-refractivity contribution in [3.63, 3.8) is 0 Å². The molecule has 0 aliphatic carbocycles. The molecule has 0 saturated heterocycles. The Hall–Kier alpha value is -2.24. The molecule has 0 aliphatic heterocycles. The second-order valence-corrected chi connectivity index (χ2v) is 4.01. The lowest BCUT2D eigenvalue weighted by molar-refractivity contribution is -0.137. The Morgan fingerprint density at radius 2 is 1.89 bits per heavy atom. The third-order valence-electron chi connectivity index (χ3n) is 2.49. The maximum Gasteiger partial charge on any atom is 0.417 e. The van der Waals surface area contributed by atoms with Gasteiger partial charge in [-0.25, -0.2) is 4.98 Å². The molecule has 0 radical (unpaired) electrons. The highest BCUT2D eigenvalue weighted by Gasteiger charge is 2.30. The molecule has 1 aromatic carbocycles. The number of halogens is 3. The monoisotopic (exact) mass is 268 g/mol. The molecule has 19 heavy (non-hydrogen) atoms. The highest BCUT2D eigenvalue weighted by molar-refractivity contribution is 5.49. The highest BCUT2D eigenvalue weighted by atomic mass is 19.4. The number of nitrogens with zero attached hydrogens (tertiary/aromatic N) is 1. The molecule has 2 rings (SSSR count). The maximum absolute atomic E-state index is 12.4. The first-order valence-electron chi connectivity index (χ1n) is 5.43. The summed E-state index contributed by atoms with van der Waals surface area (Å²) in [5, 5.41) is 0. The number of pyridine rings is 1. The Morgan fingerprint density at radius 1 is 1.16 bits per heavy atom. The van der Waals surface area contributed by atoms with Crippen LogP contribution in [0.5, 0.6) is 11.6 Å². The van der Waals surface area contributed by atoms with Gasteiger partial charge in [0.1, 0.15) is 5.75 Å². The average molecular weight is 268 g/mol. The van der Waals surface area contributed by atoms with Crippen LogP contribution in [0.1, 0.15) is 11.1 Å². The molecular formula is C13H11F3N2O. The number of hydrogen-bond donors (Lipinski definition) is 1. The van der Waals surface area contributed by atoms with Crippen molar-refractivity contribution in [3.8, 4) is 11.6 Å². The number of nitrogens with two attached hydrogens (primary N) is 1. The summed E-state index contributed by atoms with van der Waals surface area (Å²) in [5.41, 5.74) is 6.12. The van der Waals surface area contributed by atoms with E-state index in [4.69, 9.17) is 10.5 Å². The summed E-state index contributed by atoms with van der Waals surface area (Å²) >= 11 is 0. The molecule has 0 spiro atoms. The molecule has 0 bridgehead atoms. The van der Waals surface area contributed by atoms with Crippen LogP contribution in [0.2, 0.25) is 0 Å². The fraction of sp³-hybridized carbons (Fsp3) is 0.154. The molecule has 1 aromatic heterocycles. The molecule has 2 aromatic rings. The first-order chi connectivity index (χ1) is 8.86. The fourth-order valence-electron chi connectivity index (χ4n) is 1.45. The molecular weight excluding hydrogens is 257 g/mol. The van der Waals surface area contributed by atoms with Gasteiger partial charge in [0.15, 0.2) is 0 Å². The molecule has 1 heterocycles. The summed E-state index contributed by atoms with van der Waals surface area (Å²) in [5.74, 6) is 0.550. The van der Waals surface area contributed by atoms with Crippen LogP contribution in [0.15, 0.2) is 36.5 Å². The molecule has 0 unspecified atom stereocenters. The Bertz CT molecular complexity index is 579. The number of hydrogen-bond acceptors (Lipinski definition) is 3. The molecule has 0 saturated carbocycles. The Labute approximate surface area is 107 Å². The molecule has 0 fully saturated rings. The number of aryl methyl sites for hydroxylation is 1. The van der Waals surface area contributed by atoms with Gasteiger partial charge in [-0.3, -0.25) is 0 Å². The first kappa shape index (κ1) is 13.2. The van der Waals surface area contributed by atoms with Gasteiger partial charge in [0.2, 0.25) is 5.88 Å². The number of nitrogen functional groups attached to an aromatic ring is 1. The minimum absolute atomic E-state index is 0.0849. The van der Waals surface area contributed by atoms with Crippen LogP contribution < -0.4 is 10.5 Å². The van der Waals surface area contributed by atoms with E-state index in [-0.39, 0.29) is 5.88 Å². The van der Waals surface area contributed by atoms with E-state index < -0.39 is 11.7 Å². The standard InChI is InChI=1S/C13H11F3N2O/c1-8-2-4-10(17)6-11(8)19-12-5-3-9(7-18-12)13(14,15)16/h2-7H,17H2,1H3. The lowest BCUT2D eigenvalue weighted by Crippen LogP contribution is -2.05. The average Bonchev–Trinajstić information content (AvgIpc) is 2.33. The van der Waals surface area contributed by atoms with Gasteiger partial charge >= 0.3 is 6.18 Å². The zero-order chi connectivity index (χ0) is 14.0. The van der Waals surface area contributed by atoms with E-state index in [0.717, 1.165) is 17.8 Å². The predicted molar refractivity (Wildman–Crippen MR) is 64.9 cm³/mol. The van der Waals surface area contributed by atoms with Crippen molar-refractivity contribution in [2.24, 2.45) is 0 Å². The van der Waals surface area contributed by atoms with Crippen molar-refractivity contribution < 1.29 is 17.9 Å². The zero-order valence-corrected chi connectivity index (χ0v) is 10.0. The SMILES string of the molecule is Cc1ccc(N)cc1Oc1ccc(C(F)(F)F)cn1. The number of anilines is 1. The molecule has 0 atom stereocenters. The van der Waals surface area contributed by atoms with Crippen LogP contribution in [0.25, 0.3) is 0 Å². The van der Waals surface area contributed by atoms with Gasteiger partial charge in [-0.15, -0.1) is 0 Å². The van der Waals surface area contributed by atoms with Gasteiger partial charge in [-0.05, 0) is 24.6 Å². The molecule has 2 N–H and O–H groups in total. The summed E-state index contributed by atoms with van der Waals surface area (Å²) in [6, 6.07) is 7.15. The Kier molecular flexibility index (Phi) is 3.33. The molecule has 0 aliphatic rings. The smallest absolute Gasteiger partial charge is 0.417 e. The first-order valence-corrected chi connectivity index (χ1v) is 5.43. The predicted octanol–water partition coefficient (Wildman–Crippen LogP) is 3.78. The molecule has 100 valence electrons. The number of aromatic nitrogens is 1. The third-order valence-corrected chi connectivity index (χ3v) is 2.49. The van der Waals surface area contributed by atoms with Crippen molar-refractivity contribution in [3.05, 3.63) is 47.7 Å². The van der Waals surface area contributed by atoms with Crippen LogP contribution in [-0.2, 0) is 6.18 Å². The van der Waals surface area contributed by atoms with Crippen LogP contribution in [0, 0.1) is 6.92 Å². The summed E-state index contributed by atoms with van der Waals surface area (Å²) in [6.45, 7) is 1.80. The fourth-order valence-corrected chi connectivity index (χ4v) is 1.45. The summed E-state index contributed by atoms with van der Waals surface area (Å²) in [7, 11) is 0. The van der Waals surface area contributed by atoms with E-state index in [9.17, 15) is 13.2 Å². The normalized spacial score (nSPS) is 11.4. The Balaban J connectivity index is 2.22. The van der Waals surface area contributed by atoms with Crippen LogP contribution in [0.4, 0.5) is 18.9 Å². The summed E-state index contributed by atoms with van der Waals surface area (Å²) < 4.78 is 42.5. The van der Waals surface area contributed by atoms with Gasteiger partial charge < -0.3 is 10.5 Å². The van der Waals surface area contributed by atoms with Crippen LogP contribution in [-0.4, -0.2) is 4.98 Å². The van der Waals surface area contributed by atoms with Crippen LogP contribution >= 0.6 is 0 Å². The topological polar surface area (TPSA) is 48.1 Å². The van der Waals surface area contributed by atoms with Crippen molar-refractivity contribution in [1.29, 1.82) is 0 Å².